The predicted molar refractivity (Wildman–Crippen MR) is 111 cm³/mol. The molecule has 1 atom stereocenters. The van der Waals surface area contributed by atoms with Gasteiger partial charge in [-0.1, -0.05) is 0 Å². The van der Waals surface area contributed by atoms with Gasteiger partial charge >= 0.3 is 0 Å². The van der Waals surface area contributed by atoms with E-state index in [4.69, 9.17) is 14.2 Å². The summed E-state index contributed by atoms with van der Waals surface area (Å²) in [6.07, 6.45) is -1.85. The number of rotatable bonds is 4. The van der Waals surface area contributed by atoms with E-state index in [9.17, 15) is 13.9 Å². The number of aryl methyl sites for hydroxylation is 1. The largest absolute Gasteiger partial charge is 0.484 e. The number of aliphatic hydroxyl groups excluding tert-OH is 1. The number of aromatic nitrogens is 3. The van der Waals surface area contributed by atoms with Gasteiger partial charge in [0.1, 0.15) is 16.3 Å². The Bertz CT molecular complexity index is 1310. The summed E-state index contributed by atoms with van der Waals surface area (Å²) in [7, 11) is 1.51. The molecule has 2 aromatic carbocycles. The number of thiazole rings is 1. The van der Waals surface area contributed by atoms with Crippen LogP contribution in [-0.2, 0) is 0 Å². The first-order valence-corrected chi connectivity index (χ1v) is 10.3. The summed E-state index contributed by atoms with van der Waals surface area (Å²) in [6.45, 7) is 1.77. The van der Waals surface area contributed by atoms with Gasteiger partial charge in [0.2, 0.25) is 5.88 Å². The molecule has 0 saturated heterocycles. The van der Waals surface area contributed by atoms with Crippen molar-refractivity contribution in [2.75, 3.05) is 20.3 Å². The maximum atomic E-state index is 13.8. The zero-order valence-corrected chi connectivity index (χ0v) is 17.4. The van der Waals surface area contributed by atoms with Gasteiger partial charge in [0, 0.05) is 11.1 Å². The number of nitrogens with zero attached hydrogens (tertiary/aromatic N) is 3. The lowest BCUT2D eigenvalue weighted by molar-refractivity contribution is 0.0464. The predicted octanol–water partition coefficient (Wildman–Crippen LogP) is 4.29. The highest BCUT2D eigenvalue weighted by molar-refractivity contribution is 7.22. The minimum atomic E-state index is -2.75. The molecule has 1 aliphatic rings. The smallest absolute Gasteiger partial charge is 0.266 e. The third-order valence-corrected chi connectivity index (χ3v) is 6.06. The molecule has 0 fully saturated rings. The molecule has 5 rings (SSSR count). The van der Waals surface area contributed by atoms with E-state index in [1.165, 1.54) is 30.7 Å². The molecule has 4 aromatic rings. The molecule has 1 aliphatic heterocycles. The summed E-state index contributed by atoms with van der Waals surface area (Å²) in [5.74, 6) is 0.922. The highest BCUT2D eigenvalue weighted by Crippen LogP contribution is 2.47. The molecule has 10 heteroatoms. The Kier molecular flexibility index (Phi) is 4.82. The van der Waals surface area contributed by atoms with Gasteiger partial charge in [0.05, 0.1) is 36.5 Å². The first-order chi connectivity index (χ1) is 15.0. The molecular weight excluding hydrogens is 428 g/mol. The normalized spacial score (nSPS) is 15.7. The first-order valence-electron chi connectivity index (χ1n) is 9.46. The van der Waals surface area contributed by atoms with Crippen molar-refractivity contribution in [2.45, 2.75) is 19.5 Å². The molecular formula is C21H17F2N3O4S. The number of alkyl halides is 2. The van der Waals surface area contributed by atoms with Gasteiger partial charge < -0.3 is 19.3 Å². The minimum Gasteiger partial charge on any atom is -0.484 e. The van der Waals surface area contributed by atoms with E-state index in [1.54, 1.807) is 0 Å². The van der Waals surface area contributed by atoms with Crippen molar-refractivity contribution in [1.29, 1.82) is 0 Å². The zero-order valence-electron chi connectivity index (χ0n) is 16.6. The number of aliphatic hydroxyl groups is 1. The summed E-state index contributed by atoms with van der Waals surface area (Å²) in [6, 6.07) is 5.02. The van der Waals surface area contributed by atoms with E-state index in [0.717, 1.165) is 5.56 Å². The van der Waals surface area contributed by atoms with Crippen LogP contribution in [0.15, 0.2) is 24.4 Å². The second kappa shape index (κ2) is 7.54. The van der Waals surface area contributed by atoms with Crippen molar-refractivity contribution in [3.05, 3.63) is 35.5 Å². The highest BCUT2D eigenvalue weighted by Gasteiger charge is 2.29. The van der Waals surface area contributed by atoms with Crippen LogP contribution < -0.4 is 14.2 Å². The van der Waals surface area contributed by atoms with Crippen molar-refractivity contribution >= 4 is 32.6 Å². The van der Waals surface area contributed by atoms with Crippen LogP contribution in [0.3, 0.4) is 0 Å². The van der Waals surface area contributed by atoms with Crippen LogP contribution in [-0.4, -0.2) is 46.5 Å². The number of hydrogen-bond donors (Lipinski definition) is 1. The molecule has 0 unspecified atom stereocenters. The average molecular weight is 445 g/mol. The molecule has 0 amide bonds. The number of methoxy groups -OCH3 is 1. The lowest BCUT2D eigenvalue weighted by Gasteiger charge is -2.26. The standard InChI is InChI=1S/C21H17F2N3O4S/c1-9-3-12(16-13(4-9)25-15(28-2)6-24-16)21-26-17-11(20(22)23)5-14-18(19(17)31-21)29-8-10(7-27)30-14/h3-6,10,20,27H,7-8H2,1-2H3/t10-/m0/s1. The summed E-state index contributed by atoms with van der Waals surface area (Å²) in [4.78, 5) is 13.4. The molecule has 0 bridgehead atoms. The van der Waals surface area contributed by atoms with E-state index in [2.05, 4.69) is 15.0 Å². The van der Waals surface area contributed by atoms with Crippen LogP contribution in [0, 0.1) is 6.92 Å². The van der Waals surface area contributed by atoms with E-state index in [1.807, 2.05) is 19.1 Å². The zero-order chi connectivity index (χ0) is 21.7. The third-order valence-electron chi connectivity index (χ3n) is 4.97. The fourth-order valence-electron chi connectivity index (χ4n) is 3.55. The average Bonchev–Trinajstić information content (AvgIpc) is 3.22. The Labute approximate surface area is 179 Å². The van der Waals surface area contributed by atoms with Crippen LogP contribution in [0.4, 0.5) is 8.78 Å². The molecule has 0 radical (unpaired) electrons. The van der Waals surface area contributed by atoms with Crippen LogP contribution >= 0.6 is 11.3 Å². The van der Waals surface area contributed by atoms with E-state index >= 15 is 0 Å². The Morgan fingerprint density at radius 3 is 2.84 bits per heavy atom. The van der Waals surface area contributed by atoms with Crippen LogP contribution in [0.2, 0.25) is 0 Å². The fourth-order valence-corrected chi connectivity index (χ4v) is 4.66. The van der Waals surface area contributed by atoms with Gasteiger partial charge in [-0.3, -0.25) is 0 Å². The number of halogens is 2. The molecule has 2 aromatic heterocycles. The lowest BCUT2D eigenvalue weighted by atomic mass is 10.1. The Morgan fingerprint density at radius 1 is 1.26 bits per heavy atom. The van der Waals surface area contributed by atoms with E-state index in [0.29, 0.717) is 37.9 Å². The van der Waals surface area contributed by atoms with Crippen LogP contribution in [0.25, 0.3) is 31.8 Å². The summed E-state index contributed by atoms with van der Waals surface area (Å²) >= 11 is 1.23. The number of hydrogen-bond acceptors (Lipinski definition) is 8. The first kappa shape index (κ1) is 19.8. The van der Waals surface area contributed by atoms with Crippen molar-refractivity contribution in [3.63, 3.8) is 0 Å². The summed E-state index contributed by atoms with van der Waals surface area (Å²) in [5.41, 5.74) is 2.74. The molecule has 0 saturated carbocycles. The van der Waals surface area contributed by atoms with Gasteiger partial charge in [-0.05, 0) is 30.7 Å². The van der Waals surface area contributed by atoms with Crippen LogP contribution in [0.1, 0.15) is 17.6 Å². The second-order valence-corrected chi connectivity index (χ2v) is 8.12. The summed E-state index contributed by atoms with van der Waals surface area (Å²) < 4.78 is 44.7. The quantitative estimate of drug-likeness (QED) is 0.501. The Hall–Kier alpha value is -3.11. The second-order valence-electron chi connectivity index (χ2n) is 7.12. The topological polar surface area (TPSA) is 86.6 Å². The molecule has 7 nitrogen and oxygen atoms in total. The van der Waals surface area contributed by atoms with E-state index < -0.39 is 12.5 Å². The highest BCUT2D eigenvalue weighted by atomic mass is 32.1. The van der Waals surface area contributed by atoms with E-state index in [-0.39, 0.29) is 30.0 Å². The van der Waals surface area contributed by atoms with Gasteiger partial charge in [0.25, 0.3) is 6.43 Å². The molecule has 3 heterocycles. The van der Waals surface area contributed by atoms with Crippen molar-refractivity contribution in [3.8, 4) is 28.0 Å². The van der Waals surface area contributed by atoms with Gasteiger partial charge in [-0.25, -0.2) is 23.7 Å². The van der Waals surface area contributed by atoms with Crippen molar-refractivity contribution in [2.24, 2.45) is 0 Å². The molecule has 1 N–H and O–H groups in total. The maximum Gasteiger partial charge on any atom is 0.266 e. The Balaban J connectivity index is 1.75. The third kappa shape index (κ3) is 3.31. The Morgan fingerprint density at radius 2 is 2.10 bits per heavy atom. The van der Waals surface area contributed by atoms with Crippen molar-refractivity contribution < 1.29 is 28.1 Å². The lowest BCUT2D eigenvalue weighted by Crippen LogP contribution is -2.32. The molecule has 160 valence electrons. The van der Waals surface area contributed by atoms with Gasteiger partial charge in [-0.15, -0.1) is 11.3 Å². The number of benzene rings is 2. The van der Waals surface area contributed by atoms with Crippen LogP contribution in [0.5, 0.6) is 17.4 Å². The SMILES string of the molecule is COc1cnc2c(-c3nc4c(C(F)F)cc5c(c4s3)OC[C@H](CO)O5)cc(C)cc2n1. The van der Waals surface area contributed by atoms with Gasteiger partial charge in [0.15, 0.2) is 17.6 Å². The van der Waals surface area contributed by atoms with Gasteiger partial charge in [-0.2, -0.15) is 0 Å². The maximum absolute atomic E-state index is 13.8. The fraction of sp³-hybridized carbons (Fsp3) is 0.286. The summed E-state index contributed by atoms with van der Waals surface area (Å²) in [5, 5.41) is 9.86. The number of fused-ring (bicyclic) bond motifs is 4. The molecule has 0 spiro atoms. The molecule has 31 heavy (non-hydrogen) atoms. The van der Waals surface area contributed by atoms with Crippen molar-refractivity contribution in [1.82, 2.24) is 15.0 Å². The molecule has 0 aliphatic carbocycles. The monoisotopic (exact) mass is 445 g/mol. The minimum absolute atomic E-state index is 0.124. The number of ether oxygens (including phenoxy) is 3.